The molecule has 1 spiro atoms. The van der Waals surface area contributed by atoms with E-state index >= 15 is 0 Å². The van der Waals surface area contributed by atoms with E-state index in [4.69, 9.17) is 4.74 Å². The second-order valence-electron chi connectivity index (χ2n) is 9.15. The zero-order valence-electron chi connectivity index (χ0n) is 14.6. The van der Waals surface area contributed by atoms with Crippen LogP contribution in [0.4, 0.5) is 0 Å². The summed E-state index contributed by atoms with van der Waals surface area (Å²) in [6, 6.07) is 0. The lowest BCUT2D eigenvalue weighted by atomic mass is 9.50. The lowest BCUT2D eigenvalue weighted by Crippen LogP contribution is -2.47. The maximum absolute atomic E-state index is 9.91. The number of hydrogen-bond acceptors (Lipinski definition) is 2. The van der Waals surface area contributed by atoms with Gasteiger partial charge in [-0.2, -0.15) is 0 Å². The average molecular weight is 314 g/mol. The molecule has 5 aliphatic carbocycles. The second-order valence-corrected chi connectivity index (χ2v) is 9.15. The Labute approximate surface area is 140 Å². The van der Waals surface area contributed by atoms with Crippen LogP contribution in [0.3, 0.4) is 0 Å². The van der Waals surface area contributed by atoms with E-state index in [-0.39, 0.29) is 0 Å². The summed E-state index contributed by atoms with van der Waals surface area (Å²) in [7, 11) is 1.82. The van der Waals surface area contributed by atoms with Crippen molar-refractivity contribution in [2.24, 2.45) is 34.5 Å². The molecule has 126 valence electrons. The highest BCUT2D eigenvalue weighted by atomic mass is 16.5. The summed E-state index contributed by atoms with van der Waals surface area (Å²) in [6.07, 6.45) is 12.7. The molecule has 0 aromatic heterocycles. The zero-order chi connectivity index (χ0) is 15.8. The normalized spacial score (nSPS) is 50.5. The first kappa shape index (κ1) is 14.6. The fraction of sp³-hybridized carbons (Fsp3) is 0.810. The number of fused-ring (bicyclic) bond motifs is 2. The minimum Gasteiger partial charge on any atom is -0.501 e. The van der Waals surface area contributed by atoms with Crippen molar-refractivity contribution in [3.05, 3.63) is 23.0 Å². The van der Waals surface area contributed by atoms with E-state index in [1.807, 2.05) is 7.11 Å². The Hall–Kier alpha value is -0.760. The van der Waals surface area contributed by atoms with Crippen molar-refractivity contribution in [3.8, 4) is 0 Å². The molecule has 0 aromatic rings. The van der Waals surface area contributed by atoms with Crippen LogP contribution in [0.5, 0.6) is 0 Å². The van der Waals surface area contributed by atoms with Crippen molar-refractivity contribution in [3.63, 3.8) is 0 Å². The largest absolute Gasteiger partial charge is 0.501 e. The van der Waals surface area contributed by atoms with Gasteiger partial charge in [-0.25, -0.2) is 0 Å². The highest BCUT2D eigenvalue weighted by Gasteiger charge is 2.76. The predicted octanol–water partition coefficient (Wildman–Crippen LogP) is 4.45. The summed E-state index contributed by atoms with van der Waals surface area (Å²) >= 11 is 0. The average Bonchev–Trinajstić information content (AvgIpc) is 3.24. The third-order valence-electron chi connectivity index (χ3n) is 8.89. The maximum Gasteiger partial charge on any atom is 0.0959 e. The molecule has 23 heavy (non-hydrogen) atoms. The minimum absolute atomic E-state index is 0.417. The fourth-order valence-corrected chi connectivity index (χ4v) is 7.72. The number of rotatable bonds is 2. The molecule has 0 aliphatic heterocycles. The number of aliphatic hydroxyl groups is 1. The van der Waals surface area contributed by atoms with Gasteiger partial charge in [-0.05, 0) is 85.5 Å². The van der Waals surface area contributed by atoms with E-state index in [1.54, 1.807) is 11.1 Å². The molecule has 0 saturated heterocycles. The van der Waals surface area contributed by atoms with Crippen LogP contribution in [0.2, 0.25) is 0 Å². The van der Waals surface area contributed by atoms with Crippen LogP contribution in [-0.4, -0.2) is 18.8 Å². The van der Waals surface area contributed by atoms with Crippen molar-refractivity contribution >= 4 is 0 Å². The van der Waals surface area contributed by atoms with Gasteiger partial charge in [-0.1, -0.05) is 18.1 Å². The molecule has 5 aliphatic rings. The fourth-order valence-electron chi connectivity index (χ4n) is 7.72. The van der Waals surface area contributed by atoms with Gasteiger partial charge in [0, 0.05) is 13.0 Å². The molecule has 2 nitrogen and oxygen atoms in total. The molecule has 6 atom stereocenters. The van der Waals surface area contributed by atoms with Crippen LogP contribution in [0.1, 0.15) is 58.3 Å². The first-order chi connectivity index (χ1) is 11.1. The van der Waals surface area contributed by atoms with Crippen LogP contribution in [-0.2, 0) is 4.74 Å². The monoisotopic (exact) mass is 314 g/mol. The predicted molar refractivity (Wildman–Crippen MR) is 90.6 cm³/mol. The Kier molecular flexibility index (Phi) is 2.95. The third kappa shape index (κ3) is 1.64. The second kappa shape index (κ2) is 4.65. The Bertz CT molecular complexity index is 603. The number of hydrogen-bond donors (Lipinski definition) is 1. The highest BCUT2D eigenvalue weighted by molar-refractivity contribution is 5.36. The van der Waals surface area contributed by atoms with E-state index in [0.717, 1.165) is 30.6 Å². The van der Waals surface area contributed by atoms with Crippen LogP contribution in [0, 0.1) is 34.5 Å². The van der Waals surface area contributed by atoms with E-state index in [0.29, 0.717) is 23.4 Å². The summed E-state index contributed by atoms with van der Waals surface area (Å²) in [4.78, 5) is 0. The standard InChI is InChI=1S/C21H30O2/c1-20-8-7-18-17-5-4-16(23-2)9-13(17)3-6-19(18)21(20)11-14(21)10-15(20)12-22/h4,14-15,18-19,22H,3,5-12H2,1-2H3/t14?,15?,18-,19-,20-,21+/m1/s1. The first-order valence-corrected chi connectivity index (χ1v) is 9.68. The van der Waals surface area contributed by atoms with E-state index in [9.17, 15) is 5.11 Å². The molecule has 0 heterocycles. The Morgan fingerprint density at radius 2 is 2.22 bits per heavy atom. The van der Waals surface area contributed by atoms with Crippen molar-refractivity contribution in [2.75, 3.05) is 13.7 Å². The van der Waals surface area contributed by atoms with Crippen LogP contribution >= 0.6 is 0 Å². The molecule has 2 unspecified atom stereocenters. The summed E-state index contributed by atoms with van der Waals surface area (Å²) in [5.74, 6) is 4.42. The molecule has 1 N–H and O–H groups in total. The highest BCUT2D eigenvalue weighted by Crippen LogP contribution is 2.82. The maximum atomic E-state index is 9.91. The van der Waals surface area contributed by atoms with Gasteiger partial charge < -0.3 is 9.84 Å². The third-order valence-corrected chi connectivity index (χ3v) is 8.89. The molecule has 0 aromatic carbocycles. The van der Waals surface area contributed by atoms with Gasteiger partial charge >= 0.3 is 0 Å². The van der Waals surface area contributed by atoms with Gasteiger partial charge in [0.15, 0.2) is 0 Å². The molecular formula is C21H30O2. The van der Waals surface area contributed by atoms with Gasteiger partial charge in [-0.3, -0.25) is 0 Å². The van der Waals surface area contributed by atoms with Gasteiger partial charge in [0.1, 0.15) is 0 Å². The van der Waals surface area contributed by atoms with Crippen LogP contribution in [0.25, 0.3) is 0 Å². The smallest absolute Gasteiger partial charge is 0.0959 e. The molecule has 0 amide bonds. The van der Waals surface area contributed by atoms with Crippen LogP contribution < -0.4 is 0 Å². The molecule has 0 radical (unpaired) electrons. The van der Waals surface area contributed by atoms with E-state index in [1.165, 1.54) is 44.3 Å². The Morgan fingerprint density at radius 1 is 1.35 bits per heavy atom. The number of methoxy groups -OCH3 is 1. The Morgan fingerprint density at radius 3 is 3.00 bits per heavy atom. The summed E-state index contributed by atoms with van der Waals surface area (Å²) in [5.41, 5.74) is 4.51. The number of aliphatic hydroxyl groups excluding tert-OH is 1. The minimum atomic E-state index is 0.417. The number of ether oxygens (including phenoxy) is 1. The molecule has 3 saturated carbocycles. The van der Waals surface area contributed by atoms with Crippen LogP contribution in [0.15, 0.2) is 23.0 Å². The van der Waals surface area contributed by atoms with Gasteiger partial charge in [-0.15, -0.1) is 0 Å². The summed E-state index contributed by atoms with van der Waals surface area (Å²) < 4.78 is 5.52. The summed E-state index contributed by atoms with van der Waals surface area (Å²) in [5, 5.41) is 9.91. The zero-order valence-corrected chi connectivity index (χ0v) is 14.6. The lowest BCUT2D eigenvalue weighted by Gasteiger charge is -2.54. The molecule has 5 rings (SSSR count). The molecule has 2 heteroatoms. The van der Waals surface area contributed by atoms with Crippen molar-refractivity contribution < 1.29 is 9.84 Å². The Balaban J connectivity index is 1.48. The molecule has 0 bridgehead atoms. The lowest BCUT2D eigenvalue weighted by molar-refractivity contribution is -0.0381. The van der Waals surface area contributed by atoms with Gasteiger partial charge in [0.25, 0.3) is 0 Å². The van der Waals surface area contributed by atoms with Gasteiger partial charge in [0.2, 0.25) is 0 Å². The van der Waals surface area contributed by atoms with Gasteiger partial charge in [0.05, 0.1) is 12.9 Å². The topological polar surface area (TPSA) is 29.5 Å². The van der Waals surface area contributed by atoms with E-state index in [2.05, 4.69) is 13.0 Å². The quantitative estimate of drug-likeness (QED) is 0.763. The van der Waals surface area contributed by atoms with Crippen molar-refractivity contribution in [1.29, 1.82) is 0 Å². The van der Waals surface area contributed by atoms with Crippen molar-refractivity contribution in [2.45, 2.75) is 58.3 Å². The summed E-state index contributed by atoms with van der Waals surface area (Å²) in [6.45, 7) is 2.95. The van der Waals surface area contributed by atoms with Crippen molar-refractivity contribution in [1.82, 2.24) is 0 Å². The molecule has 3 fully saturated rings. The SMILES string of the molecule is COC1=CCC2=C(CC[C@@H]3[C@@H]2CC[C@]2(C)C(CO)CC4C[C@]432)C1. The first-order valence-electron chi connectivity index (χ1n) is 9.68. The van der Waals surface area contributed by atoms with E-state index < -0.39 is 0 Å². The molecular weight excluding hydrogens is 284 g/mol. The number of allylic oxidation sites excluding steroid dienone is 3.